The van der Waals surface area contributed by atoms with Crippen LogP contribution in [0, 0.1) is 13.8 Å². The third kappa shape index (κ3) is 3.36. The molecule has 0 bridgehead atoms. The van der Waals surface area contributed by atoms with E-state index in [1.54, 1.807) is 6.20 Å². The van der Waals surface area contributed by atoms with Gasteiger partial charge in [-0.15, -0.1) is 11.3 Å². The maximum atomic E-state index is 12.7. The van der Waals surface area contributed by atoms with Gasteiger partial charge < -0.3 is 14.5 Å². The molecule has 0 unspecified atom stereocenters. The molecule has 1 aliphatic rings. The maximum absolute atomic E-state index is 12.7. The van der Waals surface area contributed by atoms with E-state index in [-0.39, 0.29) is 12.0 Å². The molecule has 0 aliphatic carbocycles. The van der Waals surface area contributed by atoms with Gasteiger partial charge in [0, 0.05) is 33.3 Å². The molecule has 0 radical (unpaired) electrons. The Bertz CT molecular complexity index is 744. The smallest absolute Gasteiger partial charge is 0.265 e. The van der Waals surface area contributed by atoms with E-state index in [2.05, 4.69) is 9.97 Å². The molecular weight excluding hydrogens is 324 g/mol. The van der Waals surface area contributed by atoms with Crippen molar-refractivity contribution in [1.29, 1.82) is 0 Å². The van der Waals surface area contributed by atoms with Crippen molar-refractivity contribution >= 4 is 23.1 Å². The largest absolute Gasteiger partial charge is 0.485 e. The SMILES string of the molecule is Cc1nc(C)c(C(=O)N2CC[C@H](Oc3cccnc3N(C)C)C2)s1. The highest BCUT2D eigenvalue weighted by atomic mass is 32.1. The van der Waals surface area contributed by atoms with Crippen LogP contribution in [0.25, 0.3) is 0 Å². The summed E-state index contributed by atoms with van der Waals surface area (Å²) in [5.41, 5.74) is 0.814. The fourth-order valence-electron chi connectivity index (χ4n) is 2.87. The number of amides is 1. The molecule has 2 aromatic heterocycles. The molecular formula is C17H22N4O2S. The number of hydrogen-bond donors (Lipinski definition) is 0. The van der Waals surface area contributed by atoms with Gasteiger partial charge in [-0.2, -0.15) is 0 Å². The van der Waals surface area contributed by atoms with Crippen molar-refractivity contribution in [2.75, 3.05) is 32.1 Å². The lowest BCUT2D eigenvalue weighted by molar-refractivity contribution is 0.0776. The fourth-order valence-corrected chi connectivity index (χ4v) is 3.76. The number of aryl methyl sites for hydroxylation is 2. The van der Waals surface area contributed by atoms with Crippen molar-refractivity contribution < 1.29 is 9.53 Å². The Morgan fingerprint density at radius 1 is 1.42 bits per heavy atom. The van der Waals surface area contributed by atoms with Crippen molar-refractivity contribution in [3.8, 4) is 5.75 Å². The fraction of sp³-hybridized carbons (Fsp3) is 0.471. The summed E-state index contributed by atoms with van der Waals surface area (Å²) in [7, 11) is 3.88. The van der Waals surface area contributed by atoms with Crippen LogP contribution in [-0.4, -0.2) is 54.1 Å². The minimum atomic E-state index is -0.00817. The number of carbonyl (C=O) groups is 1. The number of rotatable bonds is 4. The molecule has 7 heteroatoms. The van der Waals surface area contributed by atoms with Crippen molar-refractivity contribution in [1.82, 2.24) is 14.9 Å². The first kappa shape index (κ1) is 16.7. The Morgan fingerprint density at radius 3 is 2.88 bits per heavy atom. The van der Waals surface area contributed by atoms with Gasteiger partial charge in [0.15, 0.2) is 11.6 Å². The van der Waals surface area contributed by atoms with Crippen LogP contribution in [0.5, 0.6) is 5.75 Å². The van der Waals surface area contributed by atoms with E-state index < -0.39 is 0 Å². The van der Waals surface area contributed by atoms with E-state index in [4.69, 9.17) is 4.74 Å². The van der Waals surface area contributed by atoms with Gasteiger partial charge in [-0.3, -0.25) is 4.79 Å². The highest BCUT2D eigenvalue weighted by Gasteiger charge is 2.30. The average molecular weight is 346 g/mol. The maximum Gasteiger partial charge on any atom is 0.265 e. The highest BCUT2D eigenvalue weighted by molar-refractivity contribution is 7.13. The van der Waals surface area contributed by atoms with Crippen LogP contribution >= 0.6 is 11.3 Å². The molecule has 0 N–H and O–H groups in total. The van der Waals surface area contributed by atoms with Crippen LogP contribution in [0.4, 0.5) is 5.82 Å². The second kappa shape index (κ2) is 6.76. The van der Waals surface area contributed by atoms with Crippen LogP contribution in [0.2, 0.25) is 0 Å². The lowest BCUT2D eigenvalue weighted by Gasteiger charge is -2.20. The number of pyridine rings is 1. The van der Waals surface area contributed by atoms with Gasteiger partial charge in [0.2, 0.25) is 0 Å². The van der Waals surface area contributed by atoms with Gasteiger partial charge in [0.05, 0.1) is 17.2 Å². The molecule has 0 aromatic carbocycles. The molecule has 2 aromatic rings. The van der Waals surface area contributed by atoms with Crippen molar-refractivity contribution in [3.05, 3.63) is 33.9 Å². The highest BCUT2D eigenvalue weighted by Crippen LogP contribution is 2.28. The van der Waals surface area contributed by atoms with Crippen LogP contribution in [0.15, 0.2) is 18.3 Å². The van der Waals surface area contributed by atoms with Gasteiger partial charge in [0.1, 0.15) is 11.0 Å². The topological polar surface area (TPSA) is 58.6 Å². The second-order valence-corrected chi connectivity index (χ2v) is 7.35. The summed E-state index contributed by atoms with van der Waals surface area (Å²) in [5.74, 6) is 1.62. The first-order valence-electron chi connectivity index (χ1n) is 7.98. The summed E-state index contributed by atoms with van der Waals surface area (Å²) in [4.78, 5) is 25.9. The van der Waals surface area contributed by atoms with Crippen LogP contribution in [-0.2, 0) is 0 Å². The van der Waals surface area contributed by atoms with E-state index in [1.165, 1.54) is 11.3 Å². The second-order valence-electron chi connectivity index (χ2n) is 6.15. The number of likely N-dealkylation sites (tertiary alicyclic amines) is 1. The number of aromatic nitrogens is 2. The first-order chi connectivity index (χ1) is 11.5. The zero-order valence-corrected chi connectivity index (χ0v) is 15.3. The third-order valence-corrected chi connectivity index (χ3v) is 5.06. The summed E-state index contributed by atoms with van der Waals surface area (Å²) in [6, 6.07) is 3.78. The zero-order chi connectivity index (χ0) is 17.3. The van der Waals surface area contributed by atoms with Gasteiger partial charge in [-0.25, -0.2) is 9.97 Å². The summed E-state index contributed by atoms with van der Waals surface area (Å²) in [5, 5.41) is 0.925. The molecule has 128 valence electrons. The van der Waals surface area contributed by atoms with E-state index in [0.717, 1.165) is 33.6 Å². The summed E-state index contributed by atoms with van der Waals surface area (Å²) in [6.45, 7) is 5.11. The molecule has 1 atom stereocenters. The Balaban J connectivity index is 1.68. The van der Waals surface area contributed by atoms with Crippen LogP contribution in [0.3, 0.4) is 0 Å². The van der Waals surface area contributed by atoms with Gasteiger partial charge in [0.25, 0.3) is 5.91 Å². The van der Waals surface area contributed by atoms with Gasteiger partial charge in [-0.05, 0) is 26.0 Å². The first-order valence-corrected chi connectivity index (χ1v) is 8.79. The third-order valence-electron chi connectivity index (χ3n) is 4.00. The molecule has 3 rings (SSSR count). The number of hydrogen-bond acceptors (Lipinski definition) is 6. The molecule has 1 amide bonds. The Kier molecular flexibility index (Phi) is 4.71. The number of thiazole rings is 1. The molecule has 24 heavy (non-hydrogen) atoms. The van der Waals surface area contributed by atoms with Crippen LogP contribution < -0.4 is 9.64 Å². The van der Waals surface area contributed by atoms with Gasteiger partial charge in [-0.1, -0.05) is 0 Å². The van der Waals surface area contributed by atoms with Gasteiger partial charge >= 0.3 is 0 Å². The standard InChI is InChI=1S/C17H22N4O2S/c1-11-15(24-12(2)19-11)17(22)21-9-7-13(10-21)23-14-6-5-8-18-16(14)20(3)4/h5-6,8,13H,7,9-10H2,1-4H3/t13-/m0/s1. The lowest BCUT2D eigenvalue weighted by atomic mass is 10.3. The predicted octanol–water partition coefficient (Wildman–Crippen LogP) is 2.51. The Morgan fingerprint density at radius 2 is 2.21 bits per heavy atom. The summed E-state index contributed by atoms with van der Waals surface area (Å²) >= 11 is 1.46. The number of nitrogens with zero attached hydrogens (tertiary/aromatic N) is 4. The molecule has 0 spiro atoms. The molecule has 1 saturated heterocycles. The van der Waals surface area contributed by atoms with Crippen molar-refractivity contribution in [3.63, 3.8) is 0 Å². The number of ether oxygens (including phenoxy) is 1. The molecule has 0 saturated carbocycles. The number of anilines is 1. The summed E-state index contributed by atoms with van der Waals surface area (Å²) in [6.07, 6.45) is 2.57. The quantitative estimate of drug-likeness (QED) is 0.851. The van der Waals surface area contributed by atoms with Crippen LogP contribution in [0.1, 0.15) is 26.8 Å². The zero-order valence-electron chi connectivity index (χ0n) is 14.4. The Labute approximate surface area is 146 Å². The predicted molar refractivity (Wildman–Crippen MR) is 95.1 cm³/mol. The molecule has 6 nitrogen and oxygen atoms in total. The van der Waals surface area contributed by atoms with Crippen molar-refractivity contribution in [2.24, 2.45) is 0 Å². The van der Waals surface area contributed by atoms with E-state index >= 15 is 0 Å². The van der Waals surface area contributed by atoms with E-state index in [0.29, 0.717) is 13.1 Å². The summed E-state index contributed by atoms with van der Waals surface area (Å²) < 4.78 is 6.11. The normalized spacial score (nSPS) is 17.2. The monoisotopic (exact) mass is 346 g/mol. The van der Waals surface area contributed by atoms with E-state index in [1.807, 2.05) is 49.9 Å². The lowest BCUT2D eigenvalue weighted by Crippen LogP contribution is -2.31. The Hall–Kier alpha value is -2.15. The van der Waals surface area contributed by atoms with Crippen molar-refractivity contribution in [2.45, 2.75) is 26.4 Å². The molecule has 3 heterocycles. The molecule has 1 fully saturated rings. The average Bonchev–Trinajstić information content (AvgIpc) is 3.13. The minimum absolute atomic E-state index is 0.00817. The minimum Gasteiger partial charge on any atom is -0.485 e. The number of carbonyl (C=O) groups excluding carboxylic acids is 1. The van der Waals surface area contributed by atoms with E-state index in [9.17, 15) is 4.79 Å². The molecule has 1 aliphatic heterocycles.